The van der Waals surface area contributed by atoms with Gasteiger partial charge in [-0.3, -0.25) is 4.79 Å². The van der Waals surface area contributed by atoms with E-state index < -0.39 is 5.41 Å². The molecule has 38 heavy (non-hydrogen) atoms. The van der Waals surface area contributed by atoms with Crippen LogP contribution in [0.3, 0.4) is 0 Å². The van der Waals surface area contributed by atoms with E-state index in [1.165, 1.54) is 12.0 Å². The maximum atomic E-state index is 13.8. The van der Waals surface area contributed by atoms with E-state index in [0.29, 0.717) is 24.4 Å². The third kappa shape index (κ3) is 3.80. The number of carbonyl (C=O) groups excluding carboxylic acids is 1. The molecule has 0 N–H and O–H groups in total. The van der Waals surface area contributed by atoms with Crippen LogP contribution in [0.5, 0.6) is 11.5 Å². The highest BCUT2D eigenvalue weighted by atomic mass is 16.5. The molecule has 4 heteroatoms. The first kappa shape index (κ1) is 25.8. The highest BCUT2D eigenvalue weighted by molar-refractivity contribution is 5.77. The summed E-state index contributed by atoms with van der Waals surface area (Å²) in [5.41, 5.74) is 2.06. The first-order valence-electron chi connectivity index (χ1n) is 14.7. The van der Waals surface area contributed by atoms with Gasteiger partial charge in [0.2, 0.25) is 0 Å². The zero-order valence-electron chi connectivity index (χ0n) is 23.8. The SMILES string of the molecule is COc1ccc2c(c1)C[C@H]1[C@]3(C)CC[C@@H]4[C@](C)(CCC[C@]4(C)C(=O)OCc4ccccc4)[C@H]3CC[C@]1(C)O2. The summed E-state index contributed by atoms with van der Waals surface area (Å²) in [5.74, 6) is 3.31. The van der Waals surface area contributed by atoms with Gasteiger partial charge in [0.1, 0.15) is 23.7 Å². The Morgan fingerprint density at radius 2 is 1.63 bits per heavy atom. The fraction of sp³-hybridized carbons (Fsp3) is 0.618. The number of benzene rings is 2. The second-order valence-corrected chi connectivity index (χ2v) is 13.7. The van der Waals surface area contributed by atoms with Crippen molar-refractivity contribution in [2.45, 2.75) is 91.3 Å². The quantitative estimate of drug-likeness (QED) is 0.389. The van der Waals surface area contributed by atoms with Gasteiger partial charge in [-0.15, -0.1) is 0 Å². The van der Waals surface area contributed by atoms with Crippen molar-refractivity contribution in [3.05, 3.63) is 59.7 Å². The van der Waals surface area contributed by atoms with Gasteiger partial charge in [0.25, 0.3) is 0 Å². The normalized spacial score (nSPS) is 39.4. The van der Waals surface area contributed by atoms with Gasteiger partial charge in [0, 0.05) is 5.92 Å². The summed E-state index contributed by atoms with van der Waals surface area (Å²) in [4.78, 5) is 13.8. The Labute approximate surface area is 228 Å². The Bertz CT molecular complexity index is 1210. The molecule has 204 valence electrons. The summed E-state index contributed by atoms with van der Waals surface area (Å²) < 4.78 is 18.4. The maximum absolute atomic E-state index is 13.8. The van der Waals surface area contributed by atoms with E-state index in [2.05, 4.69) is 39.8 Å². The van der Waals surface area contributed by atoms with Gasteiger partial charge in [0.15, 0.2) is 0 Å². The average Bonchev–Trinajstić information content (AvgIpc) is 2.90. The van der Waals surface area contributed by atoms with Crippen molar-refractivity contribution in [3.8, 4) is 11.5 Å². The van der Waals surface area contributed by atoms with Crippen LogP contribution in [0, 0.1) is 34.0 Å². The van der Waals surface area contributed by atoms with E-state index in [1.54, 1.807) is 7.11 Å². The van der Waals surface area contributed by atoms with Crippen molar-refractivity contribution in [1.82, 2.24) is 0 Å². The summed E-state index contributed by atoms with van der Waals surface area (Å²) in [7, 11) is 1.74. The smallest absolute Gasteiger partial charge is 0.312 e. The number of hydrogen-bond donors (Lipinski definition) is 0. The number of ether oxygens (including phenoxy) is 3. The van der Waals surface area contributed by atoms with E-state index in [4.69, 9.17) is 14.2 Å². The molecule has 1 heterocycles. The van der Waals surface area contributed by atoms with Gasteiger partial charge in [0.05, 0.1) is 12.5 Å². The van der Waals surface area contributed by atoms with Crippen LogP contribution in [0.4, 0.5) is 0 Å². The summed E-state index contributed by atoms with van der Waals surface area (Å²) >= 11 is 0. The first-order valence-corrected chi connectivity index (χ1v) is 14.7. The standard InChI is InChI=1S/C34H44O4/c1-31-16-9-17-33(3,30(35)37-22-23-10-7-6-8-11-23)28(31)14-18-32(2)27(31)15-19-34(4)29(32)21-24-20-25(36-5)12-13-26(24)38-34/h6-8,10-13,20,27-29H,9,14-19,21-22H2,1-5H3/t27-,28-,29+,31-,32-,33+,34+/m1/s1. The molecule has 4 aliphatic rings. The number of methoxy groups -OCH3 is 1. The van der Waals surface area contributed by atoms with Crippen LogP contribution in [0.15, 0.2) is 48.5 Å². The highest BCUT2D eigenvalue weighted by Gasteiger charge is 2.67. The molecule has 3 fully saturated rings. The lowest BCUT2D eigenvalue weighted by molar-refractivity contribution is -0.217. The molecule has 3 saturated carbocycles. The average molecular weight is 517 g/mol. The molecular weight excluding hydrogens is 472 g/mol. The molecule has 6 rings (SSSR count). The monoisotopic (exact) mass is 516 g/mol. The Morgan fingerprint density at radius 3 is 2.39 bits per heavy atom. The fourth-order valence-corrected chi connectivity index (χ4v) is 9.86. The van der Waals surface area contributed by atoms with E-state index >= 15 is 0 Å². The minimum atomic E-state index is -0.424. The molecule has 0 radical (unpaired) electrons. The van der Waals surface area contributed by atoms with Gasteiger partial charge in [-0.1, -0.05) is 50.6 Å². The lowest BCUT2D eigenvalue weighted by atomic mass is 9.37. The van der Waals surface area contributed by atoms with Gasteiger partial charge < -0.3 is 14.2 Å². The van der Waals surface area contributed by atoms with Crippen LogP contribution in [0.1, 0.15) is 83.8 Å². The Hall–Kier alpha value is -2.49. The molecule has 0 bridgehead atoms. The second-order valence-electron chi connectivity index (χ2n) is 13.7. The molecule has 4 nitrogen and oxygen atoms in total. The Morgan fingerprint density at radius 1 is 0.895 bits per heavy atom. The molecule has 3 aliphatic carbocycles. The third-order valence-corrected chi connectivity index (χ3v) is 11.7. The first-order chi connectivity index (χ1) is 18.1. The zero-order valence-corrected chi connectivity index (χ0v) is 23.8. The van der Waals surface area contributed by atoms with Gasteiger partial charge in [-0.2, -0.15) is 0 Å². The number of fused-ring (bicyclic) bond motifs is 6. The highest BCUT2D eigenvalue weighted by Crippen LogP contribution is 2.71. The molecular formula is C34H44O4. The lowest BCUT2D eigenvalue weighted by Crippen LogP contribution is -2.65. The number of esters is 1. The van der Waals surface area contributed by atoms with Gasteiger partial charge in [-0.05, 0) is 111 Å². The predicted octanol–water partition coefficient (Wildman–Crippen LogP) is 7.77. The molecule has 7 atom stereocenters. The minimum absolute atomic E-state index is 0.00329. The zero-order chi connectivity index (χ0) is 26.8. The van der Waals surface area contributed by atoms with Crippen molar-refractivity contribution < 1.29 is 19.0 Å². The summed E-state index contributed by atoms with van der Waals surface area (Å²) in [6.45, 7) is 10.00. The minimum Gasteiger partial charge on any atom is -0.497 e. The molecule has 0 unspecified atom stereocenters. The van der Waals surface area contributed by atoms with Crippen molar-refractivity contribution in [1.29, 1.82) is 0 Å². The van der Waals surface area contributed by atoms with Crippen molar-refractivity contribution in [3.63, 3.8) is 0 Å². The summed E-state index contributed by atoms with van der Waals surface area (Å²) in [6.07, 6.45) is 8.72. The Kier molecular flexibility index (Phi) is 6.12. The van der Waals surface area contributed by atoms with Crippen LogP contribution in [0.25, 0.3) is 0 Å². The lowest BCUT2D eigenvalue weighted by Gasteiger charge is -2.68. The maximum Gasteiger partial charge on any atom is 0.312 e. The predicted molar refractivity (Wildman–Crippen MR) is 149 cm³/mol. The van der Waals surface area contributed by atoms with Crippen molar-refractivity contribution in [2.24, 2.45) is 34.0 Å². The van der Waals surface area contributed by atoms with E-state index in [1.807, 2.05) is 36.4 Å². The molecule has 0 spiro atoms. The molecule has 2 aromatic rings. The largest absolute Gasteiger partial charge is 0.497 e. The van der Waals surface area contributed by atoms with E-state index in [9.17, 15) is 4.79 Å². The molecule has 2 aromatic carbocycles. The summed E-state index contributed by atoms with van der Waals surface area (Å²) in [6, 6.07) is 16.4. The number of carbonyl (C=O) groups is 1. The van der Waals surface area contributed by atoms with Crippen LogP contribution >= 0.6 is 0 Å². The Balaban J connectivity index is 1.28. The van der Waals surface area contributed by atoms with Crippen LogP contribution in [0.2, 0.25) is 0 Å². The topological polar surface area (TPSA) is 44.8 Å². The van der Waals surface area contributed by atoms with Crippen molar-refractivity contribution >= 4 is 5.97 Å². The fourth-order valence-electron chi connectivity index (χ4n) is 9.86. The molecule has 0 amide bonds. The number of rotatable bonds is 4. The molecule has 0 saturated heterocycles. The van der Waals surface area contributed by atoms with E-state index in [-0.39, 0.29) is 22.4 Å². The third-order valence-electron chi connectivity index (χ3n) is 11.7. The second kappa shape index (κ2) is 9.03. The van der Waals surface area contributed by atoms with Crippen LogP contribution < -0.4 is 9.47 Å². The van der Waals surface area contributed by atoms with Crippen LogP contribution in [-0.2, 0) is 22.6 Å². The van der Waals surface area contributed by atoms with Crippen LogP contribution in [-0.4, -0.2) is 18.7 Å². The van der Waals surface area contributed by atoms with E-state index in [0.717, 1.165) is 62.0 Å². The van der Waals surface area contributed by atoms with Gasteiger partial charge in [-0.25, -0.2) is 0 Å². The van der Waals surface area contributed by atoms with Crippen molar-refractivity contribution in [2.75, 3.05) is 7.11 Å². The number of hydrogen-bond acceptors (Lipinski definition) is 4. The molecule has 0 aromatic heterocycles. The molecule has 1 aliphatic heterocycles. The van der Waals surface area contributed by atoms with Gasteiger partial charge >= 0.3 is 5.97 Å². The summed E-state index contributed by atoms with van der Waals surface area (Å²) in [5, 5.41) is 0.